The number of aliphatic hydroxyl groups is 2. The van der Waals surface area contributed by atoms with Crippen molar-refractivity contribution in [1.29, 1.82) is 0 Å². The van der Waals surface area contributed by atoms with Gasteiger partial charge < -0.3 is 20.3 Å². The Morgan fingerprint density at radius 1 is 1.25 bits per heavy atom. The van der Waals surface area contributed by atoms with Gasteiger partial charge in [-0.15, -0.1) is 0 Å². The summed E-state index contributed by atoms with van der Waals surface area (Å²) in [5.74, 6) is -0.261. The van der Waals surface area contributed by atoms with E-state index in [1.165, 1.54) is 0 Å². The van der Waals surface area contributed by atoms with E-state index in [9.17, 15) is 9.90 Å². The lowest BCUT2D eigenvalue weighted by Crippen LogP contribution is -2.34. The van der Waals surface area contributed by atoms with Crippen LogP contribution < -0.4 is 5.32 Å². The lowest BCUT2D eigenvalue weighted by atomic mass is 9.91. The van der Waals surface area contributed by atoms with Gasteiger partial charge in [-0.3, -0.25) is 4.79 Å². The molecule has 5 nitrogen and oxygen atoms in total. The van der Waals surface area contributed by atoms with Gasteiger partial charge in [0.05, 0.1) is 5.41 Å². The topological polar surface area (TPSA) is 78.8 Å². The van der Waals surface area contributed by atoms with Gasteiger partial charge in [0, 0.05) is 13.2 Å². The molecule has 0 radical (unpaired) electrons. The van der Waals surface area contributed by atoms with Gasteiger partial charge in [0.1, 0.15) is 12.7 Å². The summed E-state index contributed by atoms with van der Waals surface area (Å²) in [5, 5.41) is 21.5. The predicted octanol–water partition coefficient (Wildman–Crippen LogP) is 1.47. The van der Waals surface area contributed by atoms with Gasteiger partial charge in [0.2, 0.25) is 0 Å². The van der Waals surface area contributed by atoms with Crippen molar-refractivity contribution >= 4 is 5.97 Å². The molecule has 0 amide bonds. The summed E-state index contributed by atoms with van der Waals surface area (Å²) in [6, 6.07) is 0. The van der Waals surface area contributed by atoms with Crippen LogP contribution in [0.4, 0.5) is 0 Å². The summed E-state index contributed by atoms with van der Waals surface area (Å²) in [5.41, 5.74) is -0.486. The largest absolute Gasteiger partial charge is 0.462 e. The Morgan fingerprint density at radius 3 is 2.50 bits per heavy atom. The number of hydrogen-bond acceptors (Lipinski definition) is 5. The Kier molecular flexibility index (Phi) is 10.7. The predicted molar refractivity (Wildman–Crippen MR) is 79.5 cm³/mol. The highest BCUT2D eigenvalue weighted by molar-refractivity contribution is 5.75. The smallest absolute Gasteiger partial charge is 0.311 e. The van der Waals surface area contributed by atoms with Crippen molar-refractivity contribution in [3.63, 3.8) is 0 Å². The van der Waals surface area contributed by atoms with Crippen molar-refractivity contribution < 1.29 is 19.7 Å². The summed E-state index contributed by atoms with van der Waals surface area (Å²) in [6.45, 7) is 7.18. The third kappa shape index (κ3) is 9.28. The van der Waals surface area contributed by atoms with E-state index in [1.807, 2.05) is 20.8 Å². The Labute approximate surface area is 122 Å². The number of ether oxygens (including phenoxy) is 1. The van der Waals surface area contributed by atoms with Crippen LogP contribution in [0.3, 0.4) is 0 Å². The summed E-state index contributed by atoms with van der Waals surface area (Å²) in [6.07, 6.45) is 4.03. The van der Waals surface area contributed by atoms with Crippen LogP contribution in [0.15, 0.2) is 0 Å². The molecule has 5 heteroatoms. The number of rotatable bonds is 12. The summed E-state index contributed by atoms with van der Waals surface area (Å²) in [7, 11) is 0. The second kappa shape index (κ2) is 11.1. The first-order valence-corrected chi connectivity index (χ1v) is 7.61. The molecule has 0 aliphatic heterocycles. The van der Waals surface area contributed by atoms with Crippen molar-refractivity contribution in [2.24, 2.45) is 5.41 Å². The number of carbonyl (C=O) groups excluding carboxylic acids is 1. The highest BCUT2D eigenvalue weighted by Crippen LogP contribution is 2.21. The number of esters is 1. The van der Waals surface area contributed by atoms with E-state index in [4.69, 9.17) is 9.84 Å². The van der Waals surface area contributed by atoms with Gasteiger partial charge in [0.25, 0.3) is 0 Å². The van der Waals surface area contributed by atoms with E-state index in [0.717, 1.165) is 32.2 Å². The molecule has 0 aromatic carbocycles. The SMILES string of the molecule is CCC(C)(C)C(=O)OCC(O)CNCCCCCCO. The molecular weight excluding hydrogens is 258 g/mol. The van der Waals surface area contributed by atoms with E-state index in [-0.39, 0.29) is 19.2 Å². The summed E-state index contributed by atoms with van der Waals surface area (Å²) in [4.78, 5) is 11.7. The molecule has 120 valence electrons. The van der Waals surface area contributed by atoms with Crippen LogP contribution in [0.2, 0.25) is 0 Å². The molecule has 0 aromatic heterocycles. The van der Waals surface area contributed by atoms with Crippen LogP contribution in [-0.4, -0.2) is 48.6 Å². The van der Waals surface area contributed by atoms with E-state index < -0.39 is 11.5 Å². The summed E-state index contributed by atoms with van der Waals surface area (Å²) >= 11 is 0. The zero-order chi connectivity index (χ0) is 15.4. The van der Waals surface area contributed by atoms with Crippen LogP contribution >= 0.6 is 0 Å². The van der Waals surface area contributed by atoms with Gasteiger partial charge in [-0.1, -0.05) is 19.8 Å². The van der Waals surface area contributed by atoms with Crippen LogP contribution in [-0.2, 0) is 9.53 Å². The Bertz CT molecular complexity index is 256. The molecule has 0 aromatic rings. The standard InChI is InChI=1S/C15H31NO4/c1-4-15(2,3)14(19)20-12-13(18)11-16-9-7-5-6-8-10-17/h13,16-18H,4-12H2,1-3H3. The second-order valence-corrected chi connectivity index (χ2v) is 5.83. The molecule has 0 saturated carbocycles. The molecule has 1 unspecified atom stereocenters. The van der Waals surface area contributed by atoms with Crippen LogP contribution in [0, 0.1) is 5.41 Å². The van der Waals surface area contributed by atoms with E-state index in [2.05, 4.69) is 5.32 Å². The molecule has 0 aliphatic rings. The minimum atomic E-state index is -0.663. The van der Waals surface area contributed by atoms with Crippen LogP contribution in [0.1, 0.15) is 52.9 Å². The number of aliphatic hydroxyl groups excluding tert-OH is 2. The van der Waals surface area contributed by atoms with Crippen molar-refractivity contribution in [2.45, 2.75) is 59.0 Å². The first-order chi connectivity index (χ1) is 9.44. The molecule has 0 saturated heterocycles. The molecule has 20 heavy (non-hydrogen) atoms. The lowest BCUT2D eigenvalue weighted by Gasteiger charge is -2.21. The molecule has 0 rings (SSSR count). The second-order valence-electron chi connectivity index (χ2n) is 5.83. The van der Waals surface area contributed by atoms with Gasteiger partial charge >= 0.3 is 5.97 Å². The number of nitrogens with one attached hydrogen (secondary N) is 1. The normalized spacial score (nSPS) is 13.2. The zero-order valence-corrected chi connectivity index (χ0v) is 13.2. The summed E-state index contributed by atoms with van der Waals surface area (Å²) < 4.78 is 5.11. The van der Waals surface area contributed by atoms with Crippen molar-refractivity contribution in [3.05, 3.63) is 0 Å². The van der Waals surface area contributed by atoms with Gasteiger partial charge in [0.15, 0.2) is 0 Å². The van der Waals surface area contributed by atoms with E-state index in [1.54, 1.807) is 0 Å². The van der Waals surface area contributed by atoms with Crippen LogP contribution in [0.25, 0.3) is 0 Å². The molecule has 0 heterocycles. The molecule has 0 bridgehead atoms. The van der Waals surface area contributed by atoms with E-state index >= 15 is 0 Å². The Hall–Kier alpha value is -0.650. The molecule has 1 atom stereocenters. The Balaban J connectivity index is 3.55. The van der Waals surface area contributed by atoms with E-state index in [0.29, 0.717) is 13.0 Å². The first-order valence-electron chi connectivity index (χ1n) is 7.61. The molecule has 3 N–H and O–H groups in total. The average Bonchev–Trinajstić information content (AvgIpc) is 2.43. The maximum atomic E-state index is 11.7. The fourth-order valence-corrected chi connectivity index (χ4v) is 1.55. The molecule has 0 spiro atoms. The highest BCUT2D eigenvalue weighted by atomic mass is 16.5. The quantitative estimate of drug-likeness (QED) is 0.374. The average molecular weight is 289 g/mol. The Morgan fingerprint density at radius 2 is 1.90 bits per heavy atom. The highest BCUT2D eigenvalue weighted by Gasteiger charge is 2.27. The molecule has 0 aliphatic carbocycles. The van der Waals surface area contributed by atoms with Crippen molar-refractivity contribution in [1.82, 2.24) is 5.32 Å². The lowest BCUT2D eigenvalue weighted by molar-refractivity contribution is -0.157. The maximum Gasteiger partial charge on any atom is 0.311 e. The minimum Gasteiger partial charge on any atom is -0.462 e. The third-order valence-corrected chi connectivity index (χ3v) is 3.48. The fourth-order valence-electron chi connectivity index (χ4n) is 1.55. The van der Waals surface area contributed by atoms with Crippen molar-refractivity contribution in [3.8, 4) is 0 Å². The number of unbranched alkanes of at least 4 members (excludes halogenated alkanes) is 3. The maximum absolute atomic E-state index is 11.7. The molecular formula is C15H31NO4. The first kappa shape index (κ1) is 19.4. The fraction of sp³-hybridized carbons (Fsp3) is 0.933. The van der Waals surface area contributed by atoms with Crippen LogP contribution in [0.5, 0.6) is 0 Å². The number of carbonyl (C=O) groups is 1. The molecule has 0 fully saturated rings. The zero-order valence-electron chi connectivity index (χ0n) is 13.2. The monoisotopic (exact) mass is 289 g/mol. The third-order valence-electron chi connectivity index (χ3n) is 3.48. The van der Waals surface area contributed by atoms with Gasteiger partial charge in [-0.2, -0.15) is 0 Å². The van der Waals surface area contributed by atoms with Gasteiger partial charge in [-0.05, 0) is 39.7 Å². The number of hydrogen-bond donors (Lipinski definition) is 3. The van der Waals surface area contributed by atoms with Gasteiger partial charge in [-0.25, -0.2) is 0 Å². The minimum absolute atomic E-state index is 0.0414. The van der Waals surface area contributed by atoms with Crippen molar-refractivity contribution in [2.75, 3.05) is 26.3 Å².